The predicted octanol–water partition coefficient (Wildman–Crippen LogP) is 0.606. The molecular formula is C32H46N6O11S. The van der Waals surface area contributed by atoms with E-state index in [1.165, 1.54) is 0 Å². The summed E-state index contributed by atoms with van der Waals surface area (Å²) in [5.74, 6) is -5.33. The van der Waals surface area contributed by atoms with Crippen molar-refractivity contribution in [2.24, 2.45) is 23.5 Å². The van der Waals surface area contributed by atoms with Crippen LogP contribution in [0, 0.1) is 17.8 Å². The summed E-state index contributed by atoms with van der Waals surface area (Å²) in [6, 6.07) is 3.07. The van der Waals surface area contributed by atoms with Crippen LogP contribution in [-0.2, 0) is 50.2 Å². The van der Waals surface area contributed by atoms with Gasteiger partial charge in [-0.3, -0.25) is 38.2 Å². The molecule has 0 saturated heterocycles. The molecule has 0 fully saturated rings. The number of hydrogen-bond donors (Lipinski definition) is 6. The van der Waals surface area contributed by atoms with Crippen LogP contribution in [0.25, 0.3) is 0 Å². The van der Waals surface area contributed by atoms with Crippen LogP contribution < -0.4 is 27.0 Å². The van der Waals surface area contributed by atoms with E-state index in [0.29, 0.717) is 16.2 Å². The van der Waals surface area contributed by atoms with E-state index in [1.54, 1.807) is 45.0 Å². The van der Waals surface area contributed by atoms with Crippen LogP contribution in [0.4, 0.5) is 10.5 Å². The van der Waals surface area contributed by atoms with Crippen molar-refractivity contribution in [3.05, 3.63) is 42.0 Å². The highest BCUT2D eigenvalue weighted by Gasteiger charge is 2.37. The minimum absolute atomic E-state index is 0.0122. The van der Waals surface area contributed by atoms with Gasteiger partial charge < -0.3 is 31.7 Å². The Balaban J connectivity index is 2.15. The molecule has 1 heterocycles. The number of nitrogens with two attached hydrogens (primary N) is 1. The molecule has 1 aromatic carbocycles. The average Bonchev–Trinajstić information content (AvgIpc) is 3.35. The van der Waals surface area contributed by atoms with Crippen molar-refractivity contribution in [3.8, 4) is 0 Å². The fourth-order valence-electron chi connectivity index (χ4n) is 4.61. The molecule has 0 bridgehead atoms. The Labute approximate surface area is 290 Å². The van der Waals surface area contributed by atoms with Gasteiger partial charge in [0.25, 0.3) is 21.9 Å². The van der Waals surface area contributed by atoms with E-state index in [2.05, 4.69) is 21.3 Å². The maximum atomic E-state index is 13.5. The lowest BCUT2D eigenvalue weighted by atomic mass is 9.99. The smallest absolute Gasteiger partial charge is 0.312 e. The highest BCUT2D eigenvalue weighted by atomic mass is 32.2. The Kier molecular flexibility index (Phi) is 15.5. The summed E-state index contributed by atoms with van der Waals surface area (Å²) in [5.41, 5.74) is 6.13. The Morgan fingerprint density at radius 2 is 1.46 bits per heavy atom. The van der Waals surface area contributed by atoms with Gasteiger partial charge in [0, 0.05) is 30.9 Å². The van der Waals surface area contributed by atoms with Crippen LogP contribution in [0.5, 0.6) is 0 Å². The lowest BCUT2D eigenvalue weighted by Gasteiger charge is -2.27. The number of ether oxygens (including phenoxy) is 1. The normalized spacial score (nSPS) is 15.3. The number of urea groups is 1. The molecule has 18 heteroatoms. The molecule has 1 unspecified atom stereocenters. The molecule has 0 aromatic heterocycles. The maximum absolute atomic E-state index is 13.5. The molecule has 0 spiro atoms. The number of imide groups is 1. The minimum atomic E-state index is -5.05. The number of nitrogens with zero attached hydrogens (tertiary/aromatic N) is 1. The molecule has 0 radical (unpaired) electrons. The summed E-state index contributed by atoms with van der Waals surface area (Å²) in [7, 11) is -5.05. The molecule has 0 aliphatic carbocycles. The third kappa shape index (κ3) is 12.9. The molecular weight excluding hydrogens is 676 g/mol. The molecule has 50 heavy (non-hydrogen) atoms. The molecule has 1 aliphatic heterocycles. The second kappa shape index (κ2) is 18.8. The van der Waals surface area contributed by atoms with Crippen LogP contribution in [0.3, 0.4) is 0 Å². The molecule has 7 N–H and O–H groups in total. The standard InChI is InChI=1S/C32H46N6O11S/c1-18(2)20(5)31(44)49-17-21-8-10-22(11-9-21)35-28(41)23(7-6-15-34-32(33)45)36-30(43)27(19(3)4)37-29(42)24(50(46,47)48)14-16-38-25(39)12-13-26(38)40/h8-13,18-20,23-24,27H,6-7,14-17H2,1-5H3,(H,35,41)(H,36,43)(H,37,42)(H3,33,34,45)(H,46,47,48)/t20?,23-,24+,27-/m0/s1. The number of amides is 7. The lowest BCUT2D eigenvalue weighted by molar-refractivity contribution is -0.150. The fraction of sp³-hybridized carbons (Fsp3) is 0.531. The van der Waals surface area contributed by atoms with Crippen molar-refractivity contribution < 1.29 is 51.3 Å². The number of primary amides is 1. The second-order valence-electron chi connectivity index (χ2n) is 12.5. The number of nitrogens with one attached hydrogen (secondary N) is 4. The van der Waals surface area contributed by atoms with Crippen molar-refractivity contribution in [2.45, 2.75) is 77.8 Å². The first-order valence-electron chi connectivity index (χ1n) is 16.0. The lowest BCUT2D eigenvalue weighted by Crippen LogP contribution is -2.56. The van der Waals surface area contributed by atoms with E-state index in [9.17, 15) is 46.5 Å². The molecule has 2 rings (SSSR count). The Morgan fingerprint density at radius 1 is 0.860 bits per heavy atom. The van der Waals surface area contributed by atoms with Crippen molar-refractivity contribution in [1.82, 2.24) is 20.9 Å². The third-order valence-corrected chi connectivity index (χ3v) is 9.16. The average molecular weight is 723 g/mol. The molecule has 276 valence electrons. The van der Waals surface area contributed by atoms with Crippen LogP contribution in [0.1, 0.15) is 59.4 Å². The van der Waals surface area contributed by atoms with Crippen molar-refractivity contribution in [1.29, 1.82) is 0 Å². The zero-order valence-corrected chi connectivity index (χ0v) is 29.4. The van der Waals surface area contributed by atoms with Crippen LogP contribution >= 0.6 is 0 Å². The summed E-state index contributed by atoms with van der Waals surface area (Å²) in [6.45, 7) is 8.32. The van der Waals surface area contributed by atoms with Gasteiger partial charge in [0.1, 0.15) is 18.7 Å². The molecule has 0 saturated carbocycles. The third-order valence-electron chi connectivity index (χ3n) is 7.99. The van der Waals surface area contributed by atoms with Gasteiger partial charge in [0.2, 0.25) is 17.7 Å². The summed E-state index contributed by atoms with van der Waals surface area (Å²) >= 11 is 0. The summed E-state index contributed by atoms with van der Waals surface area (Å²) in [5, 5.41) is 7.80. The largest absolute Gasteiger partial charge is 0.461 e. The van der Waals surface area contributed by atoms with E-state index >= 15 is 0 Å². The van der Waals surface area contributed by atoms with Crippen LogP contribution in [0.2, 0.25) is 0 Å². The minimum Gasteiger partial charge on any atom is -0.461 e. The van der Waals surface area contributed by atoms with Crippen LogP contribution in [-0.4, -0.2) is 89.8 Å². The predicted molar refractivity (Wildman–Crippen MR) is 180 cm³/mol. The van der Waals surface area contributed by atoms with Crippen molar-refractivity contribution in [3.63, 3.8) is 0 Å². The first kappa shape index (κ1) is 41.3. The topological polar surface area (TPSA) is 260 Å². The van der Waals surface area contributed by atoms with Gasteiger partial charge in [-0.2, -0.15) is 8.42 Å². The van der Waals surface area contributed by atoms with Gasteiger partial charge in [-0.25, -0.2) is 4.79 Å². The highest BCUT2D eigenvalue weighted by molar-refractivity contribution is 7.87. The first-order chi connectivity index (χ1) is 23.3. The number of carbonyl (C=O) groups excluding carboxylic acids is 7. The van der Waals surface area contributed by atoms with Crippen molar-refractivity contribution in [2.75, 3.05) is 18.4 Å². The SMILES string of the molecule is CC(C)C(C)C(=O)OCc1ccc(NC(=O)[C@H](CCCNC(N)=O)NC(=O)[C@@H](NC(=O)[C@@H](CCN2C(=O)C=CC2=O)S(=O)(=O)O)C(C)C)cc1. The quantitative estimate of drug-likeness (QED) is 0.0499. The molecule has 17 nitrogen and oxygen atoms in total. The van der Waals surface area contributed by atoms with Gasteiger partial charge in [0.05, 0.1) is 5.92 Å². The molecule has 4 atom stereocenters. The Hall–Kier alpha value is -4.84. The Morgan fingerprint density at radius 3 is 1.98 bits per heavy atom. The Bertz CT molecular complexity index is 1540. The van der Waals surface area contributed by atoms with E-state index < -0.39 is 81.9 Å². The highest BCUT2D eigenvalue weighted by Crippen LogP contribution is 2.16. The summed E-state index contributed by atoms with van der Waals surface area (Å²) in [4.78, 5) is 87.6. The zero-order valence-electron chi connectivity index (χ0n) is 28.6. The van der Waals surface area contributed by atoms with Gasteiger partial charge in [-0.1, -0.05) is 46.8 Å². The number of hydrogen-bond acceptors (Lipinski definition) is 10. The monoisotopic (exact) mass is 722 g/mol. The van der Waals surface area contributed by atoms with E-state index in [4.69, 9.17) is 10.5 Å². The number of esters is 1. The summed E-state index contributed by atoms with van der Waals surface area (Å²) < 4.78 is 39.3. The zero-order chi connectivity index (χ0) is 37.8. The molecule has 7 amide bonds. The number of rotatable bonds is 19. The number of anilines is 1. The van der Waals surface area contributed by atoms with Gasteiger partial charge in [-0.15, -0.1) is 0 Å². The van der Waals surface area contributed by atoms with Crippen LogP contribution in [0.15, 0.2) is 36.4 Å². The number of carbonyl (C=O) groups is 7. The summed E-state index contributed by atoms with van der Waals surface area (Å²) in [6.07, 6.45) is 1.52. The molecule has 1 aromatic rings. The van der Waals surface area contributed by atoms with E-state index in [1.807, 2.05) is 13.8 Å². The maximum Gasteiger partial charge on any atom is 0.312 e. The molecule has 1 aliphatic rings. The van der Waals surface area contributed by atoms with Gasteiger partial charge in [0.15, 0.2) is 5.25 Å². The second-order valence-corrected chi connectivity index (χ2v) is 14.1. The van der Waals surface area contributed by atoms with Gasteiger partial charge >= 0.3 is 12.0 Å². The van der Waals surface area contributed by atoms with Crippen molar-refractivity contribution >= 4 is 57.3 Å². The fourth-order valence-corrected chi connectivity index (χ4v) is 5.36. The van der Waals surface area contributed by atoms with E-state index in [0.717, 1.165) is 12.2 Å². The van der Waals surface area contributed by atoms with E-state index in [-0.39, 0.29) is 43.8 Å². The first-order valence-corrected chi connectivity index (χ1v) is 17.5. The van der Waals surface area contributed by atoms with Gasteiger partial charge in [-0.05, 0) is 48.8 Å². The number of benzene rings is 1.